The lowest BCUT2D eigenvalue weighted by atomic mass is 9.99. The normalized spacial score (nSPS) is 25.0. The third-order valence-electron chi connectivity index (χ3n) is 4.13. The largest absolute Gasteiger partial charge is 0.451 e. The van der Waals surface area contributed by atoms with E-state index in [-0.39, 0.29) is 12.6 Å². The fraction of sp³-hybridized carbons (Fsp3) is 0.833. The molecule has 0 aliphatic carbocycles. The molecule has 21 heavy (non-hydrogen) atoms. The summed E-state index contributed by atoms with van der Waals surface area (Å²) in [5, 5.41) is 6.93. The lowest BCUT2D eigenvalue weighted by molar-refractivity contribution is -0.148. The third kappa shape index (κ3) is 3.04. The van der Waals surface area contributed by atoms with Gasteiger partial charge in [-0.05, 0) is 6.42 Å². The monoisotopic (exact) mass is 305 g/mol. The van der Waals surface area contributed by atoms with Crippen molar-refractivity contribution in [2.75, 3.05) is 26.3 Å². The third-order valence-corrected chi connectivity index (χ3v) is 4.13. The highest BCUT2D eigenvalue weighted by Crippen LogP contribution is 2.29. The van der Waals surface area contributed by atoms with E-state index in [1.165, 1.54) is 0 Å². The predicted molar refractivity (Wildman–Crippen MR) is 67.2 cm³/mol. The number of ether oxygens (including phenoxy) is 1. The maximum absolute atomic E-state index is 12.7. The van der Waals surface area contributed by atoms with E-state index >= 15 is 0 Å². The molecular formula is C12H18F3N5O. The Morgan fingerprint density at radius 2 is 2.14 bits per heavy atom. The molecule has 0 saturated carbocycles. The topological polar surface area (TPSA) is 69.2 Å². The van der Waals surface area contributed by atoms with Crippen molar-refractivity contribution in [3.63, 3.8) is 0 Å². The van der Waals surface area contributed by atoms with Crippen LogP contribution in [-0.4, -0.2) is 52.0 Å². The van der Waals surface area contributed by atoms with Crippen LogP contribution in [0.3, 0.4) is 0 Å². The smallest absolute Gasteiger partial charge is 0.381 e. The Morgan fingerprint density at radius 3 is 2.81 bits per heavy atom. The molecule has 0 spiro atoms. The summed E-state index contributed by atoms with van der Waals surface area (Å²) >= 11 is 0. The minimum atomic E-state index is -4.45. The highest BCUT2D eigenvalue weighted by molar-refractivity contribution is 5.02. The van der Waals surface area contributed by atoms with Crippen molar-refractivity contribution in [2.45, 2.75) is 31.7 Å². The van der Waals surface area contributed by atoms with Gasteiger partial charge in [0.25, 0.3) is 0 Å². The highest BCUT2D eigenvalue weighted by atomic mass is 19.4. The minimum Gasteiger partial charge on any atom is -0.381 e. The van der Waals surface area contributed by atoms with Crippen LogP contribution in [0.5, 0.6) is 0 Å². The summed E-state index contributed by atoms with van der Waals surface area (Å²) in [6, 6.07) is -0.0240. The molecule has 2 N–H and O–H groups in total. The molecule has 2 atom stereocenters. The molecule has 1 saturated heterocycles. The van der Waals surface area contributed by atoms with Crippen molar-refractivity contribution in [3.8, 4) is 0 Å². The number of nitrogens with two attached hydrogens (primary N) is 1. The second kappa shape index (κ2) is 5.54. The zero-order chi connectivity index (χ0) is 15.0. The molecule has 1 fully saturated rings. The van der Waals surface area contributed by atoms with Gasteiger partial charge in [-0.15, -0.1) is 10.2 Å². The zero-order valence-electron chi connectivity index (χ0n) is 11.5. The first kappa shape index (κ1) is 14.7. The van der Waals surface area contributed by atoms with Gasteiger partial charge < -0.3 is 15.0 Å². The summed E-state index contributed by atoms with van der Waals surface area (Å²) < 4.78 is 44.7. The van der Waals surface area contributed by atoms with Crippen molar-refractivity contribution in [3.05, 3.63) is 11.6 Å². The van der Waals surface area contributed by atoms with Gasteiger partial charge >= 0.3 is 6.18 Å². The Kier molecular flexibility index (Phi) is 3.89. The fourth-order valence-corrected chi connectivity index (χ4v) is 2.91. The summed E-state index contributed by atoms with van der Waals surface area (Å²) in [5.74, 6) is -0.232. The van der Waals surface area contributed by atoms with E-state index in [0.717, 1.165) is 17.6 Å². The van der Waals surface area contributed by atoms with Gasteiger partial charge in [-0.2, -0.15) is 13.2 Å². The quantitative estimate of drug-likeness (QED) is 0.879. The molecule has 0 amide bonds. The van der Waals surface area contributed by atoms with E-state index < -0.39 is 12.0 Å². The van der Waals surface area contributed by atoms with Crippen LogP contribution in [0.2, 0.25) is 0 Å². The molecule has 2 aliphatic rings. The number of alkyl halides is 3. The Bertz CT molecular complexity index is 498. The van der Waals surface area contributed by atoms with Gasteiger partial charge in [0.05, 0.1) is 13.2 Å². The second-order valence-electron chi connectivity index (χ2n) is 5.61. The second-order valence-corrected chi connectivity index (χ2v) is 5.61. The number of nitrogens with zero attached hydrogens (tertiary/aromatic N) is 4. The Balaban J connectivity index is 1.64. The van der Waals surface area contributed by atoms with Gasteiger partial charge in [-0.3, -0.25) is 4.90 Å². The number of fused-ring (bicyclic) bond motifs is 1. The number of hydrogen-bond acceptors (Lipinski definition) is 5. The molecule has 0 radical (unpaired) electrons. The van der Waals surface area contributed by atoms with E-state index in [1.54, 1.807) is 0 Å². The van der Waals surface area contributed by atoms with Crippen LogP contribution in [0.4, 0.5) is 13.2 Å². The van der Waals surface area contributed by atoms with Crippen molar-refractivity contribution >= 4 is 0 Å². The van der Waals surface area contributed by atoms with E-state index in [0.29, 0.717) is 38.0 Å². The molecule has 3 heterocycles. The van der Waals surface area contributed by atoms with Crippen molar-refractivity contribution in [1.82, 2.24) is 19.7 Å². The zero-order valence-corrected chi connectivity index (χ0v) is 11.5. The van der Waals surface area contributed by atoms with Crippen LogP contribution in [-0.2, 0) is 24.0 Å². The molecule has 1 aromatic heterocycles. The van der Waals surface area contributed by atoms with Crippen LogP contribution >= 0.6 is 0 Å². The lowest BCUT2D eigenvalue weighted by Crippen LogP contribution is -2.45. The van der Waals surface area contributed by atoms with Crippen LogP contribution in [0, 0.1) is 5.92 Å². The van der Waals surface area contributed by atoms with Crippen LogP contribution in [0.1, 0.15) is 18.1 Å². The molecule has 9 heteroatoms. The molecule has 2 unspecified atom stereocenters. The predicted octanol–water partition coefficient (Wildman–Crippen LogP) is 0.476. The summed E-state index contributed by atoms with van der Waals surface area (Å²) in [7, 11) is 0. The van der Waals surface area contributed by atoms with Gasteiger partial charge in [0, 0.05) is 38.2 Å². The van der Waals surface area contributed by atoms with Crippen LogP contribution < -0.4 is 5.73 Å². The van der Waals surface area contributed by atoms with Gasteiger partial charge in [0.1, 0.15) is 5.82 Å². The average Bonchev–Trinajstić information content (AvgIpc) is 3.06. The standard InChI is InChI=1S/C12H18F3N5O/c13-12(14,15)11-18-17-10-6-19(2-3-20(10)11)5-9(16)8-1-4-21-7-8/h8-9H,1-7,16H2. The van der Waals surface area contributed by atoms with Gasteiger partial charge in [-0.1, -0.05) is 0 Å². The lowest BCUT2D eigenvalue weighted by Gasteiger charge is -2.31. The van der Waals surface area contributed by atoms with Crippen molar-refractivity contribution in [1.29, 1.82) is 0 Å². The summed E-state index contributed by atoms with van der Waals surface area (Å²) in [5.41, 5.74) is 6.16. The average molecular weight is 305 g/mol. The molecule has 0 aromatic carbocycles. The van der Waals surface area contributed by atoms with Gasteiger partial charge in [0.2, 0.25) is 5.82 Å². The fourth-order valence-electron chi connectivity index (χ4n) is 2.91. The molecule has 6 nitrogen and oxygen atoms in total. The molecule has 2 aliphatic heterocycles. The Hall–Kier alpha value is -1.19. The van der Waals surface area contributed by atoms with E-state index in [9.17, 15) is 13.2 Å². The maximum Gasteiger partial charge on any atom is 0.451 e. The summed E-state index contributed by atoms with van der Waals surface area (Å²) in [4.78, 5) is 2.03. The van der Waals surface area contributed by atoms with E-state index in [2.05, 4.69) is 10.2 Å². The maximum atomic E-state index is 12.7. The molecule has 1 aromatic rings. The minimum absolute atomic E-state index is 0.0240. The first-order valence-electron chi connectivity index (χ1n) is 7.00. The molecule has 0 bridgehead atoms. The Labute approximate surface area is 120 Å². The highest BCUT2D eigenvalue weighted by Gasteiger charge is 2.39. The van der Waals surface area contributed by atoms with E-state index in [4.69, 9.17) is 10.5 Å². The molecule has 3 rings (SSSR count). The summed E-state index contributed by atoms with van der Waals surface area (Å²) in [6.07, 6.45) is -3.51. The number of aromatic nitrogens is 3. The van der Waals surface area contributed by atoms with E-state index in [1.807, 2.05) is 4.90 Å². The van der Waals surface area contributed by atoms with Gasteiger partial charge in [-0.25, -0.2) is 0 Å². The number of hydrogen-bond donors (Lipinski definition) is 1. The van der Waals surface area contributed by atoms with Crippen LogP contribution in [0.25, 0.3) is 0 Å². The van der Waals surface area contributed by atoms with Gasteiger partial charge in [0.15, 0.2) is 0 Å². The molecular weight excluding hydrogens is 287 g/mol. The number of rotatable bonds is 3. The van der Waals surface area contributed by atoms with Crippen molar-refractivity contribution in [2.24, 2.45) is 11.7 Å². The Morgan fingerprint density at radius 1 is 1.33 bits per heavy atom. The van der Waals surface area contributed by atoms with Crippen LogP contribution in [0.15, 0.2) is 0 Å². The molecule has 118 valence electrons. The SMILES string of the molecule is NC(CN1CCn2c(nnc2C(F)(F)F)C1)C1CCOC1. The first-order chi connectivity index (χ1) is 9.95. The number of halogens is 3. The summed E-state index contributed by atoms with van der Waals surface area (Å²) in [6.45, 7) is 3.16. The van der Waals surface area contributed by atoms with Crippen molar-refractivity contribution < 1.29 is 17.9 Å². The first-order valence-corrected chi connectivity index (χ1v) is 7.00.